The van der Waals surface area contributed by atoms with Crippen molar-refractivity contribution in [2.45, 2.75) is 0 Å². The monoisotopic (exact) mass is 254 g/mol. The Hall–Kier alpha value is -2.49. The Morgan fingerprint density at radius 2 is 1.94 bits per heavy atom. The molecule has 0 atom stereocenters. The first-order valence-corrected chi connectivity index (χ1v) is 5.48. The van der Waals surface area contributed by atoms with Crippen LogP contribution in [0.1, 0.15) is 5.76 Å². The van der Waals surface area contributed by atoms with E-state index in [0.29, 0.717) is 16.5 Å². The molecule has 1 aromatic heterocycles. The van der Waals surface area contributed by atoms with Crippen molar-refractivity contribution in [3.8, 4) is 23.5 Å². The van der Waals surface area contributed by atoms with Crippen LogP contribution < -0.4 is 0 Å². The molecule has 4 heteroatoms. The molecule has 0 fully saturated rings. The molecule has 0 aliphatic rings. The molecule has 0 saturated carbocycles. The molecule has 0 bridgehead atoms. The number of halogens is 1. The average Bonchev–Trinajstić information content (AvgIpc) is 2.84. The number of furan rings is 1. The van der Waals surface area contributed by atoms with E-state index < -0.39 is 0 Å². The molecule has 0 radical (unpaired) electrons. The lowest BCUT2D eigenvalue weighted by molar-refractivity contribution is 0.571. The molecule has 18 heavy (non-hydrogen) atoms. The van der Waals surface area contributed by atoms with E-state index in [0.717, 1.165) is 5.56 Å². The first-order valence-electron chi connectivity index (χ1n) is 5.10. The largest absolute Gasteiger partial charge is 0.457 e. The summed E-state index contributed by atoms with van der Waals surface area (Å²) in [6, 6.07) is 14.3. The number of allylic oxidation sites excluding steroid dienone is 1. The van der Waals surface area contributed by atoms with Crippen LogP contribution in [0.3, 0.4) is 0 Å². The van der Waals surface area contributed by atoms with Crippen LogP contribution in [0.2, 0.25) is 5.02 Å². The van der Waals surface area contributed by atoms with Crippen molar-refractivity contribution < 1.29 is 4.42 Å². The van der Waals surface area contributed by atoms with Crippen molar-refractivity contribution >= 4 is 17.7 Å². The molecular formula is C14H7ClN2O. The van der Waals surface area contributed by atoms with Gasteiger partial charge in [-0.1, -0.05) is 23.7 Å². The lowest BCUT2D eigenvalue weighted by atomic mass is 10.2. The number of rotatable bonds is 2. The molecule has 0 aliphatic heterocycles. The fourth-order valence-corrected chi connectivity index (χ4v) is 1.65. The van der Waals surface area contributed by atoms with Crippen LogP contribution in [-0.4, -0.2) is 0 Å². The zero-order valence-electron chi connectivity index (χ0n) is 9.22. The summed E-state index contributed by atoms with van der Waals surface area (Å²) in [7, 11) is 0. The normalized spacial score (nSPS) is 9.28. The van der Waals surface area contributed by atoms with Gasteiger partial charge in [0.2, 0.25) is 0 Å². The molecule has 0 saturated heterocycles. The average molecular weight is 255 g/mol. The topological polar surface area (TPSA) is 60.7 Å². The highest BCUT2D eigenvalue weighted by Crippen LogP contribution is 2.25. The van der Waals surface area contributed by atoms with Crippen molar-refractivity contribution in [2.24, 2.45) is 0 Å². The van der Waals surface area contributed by atoms with E-state index in [1.54, 1.807) is 36.4 Å². The molecule has 3 nitrogen and oxygen atoms in total. The summed E-state index contributed by atoms with van der Waals surface area (Å²) >= 11 is 5.89. The molecule has 0 spiro atoms. The second-order valence-corrected chi connectivity index (χ2v) is 3.93. The van der Waals surface area contributed by atoms with Crippen molar-refractivity contribution in [1.82, 2.24) is 0 Å². The molecule has 1 heterocycles. The third kappa shape index (κ3) is 2.60. The van der Waals surface area contributed by atoms with Gasteiger partial charge in [0.15, 0.2) is 0 Å². The van der Waals surface area contributed by atoms with E-state index in [-0.39, 0.29) is 5.57 Å². The highest BCUT2D eigenvalue weighted by Gasteiger charge is 2.04. The van der Waals surface area contributed by atoms with E-state index in [1.807, 2.05) is 12.1 Å². The maximum atomic E-state index is 8.65. The fraction of sp³-hybridized carbons (Fsp3) is 0. The summed E-state index contributed by atoms with van der Waals surface area (Å²) in [6.45, 7) is 0. The SMILES string of the molecule is N#CC(C#N)=Cc1ccc(-c2cccc(Cl)c2)o1. The molecule has 0 N–H and O–H groups in total. The minimum Gasteiger partial charge on any atom is -0.457 e. The minimum atomic E-state index is 0.00185. The second-order valence-electron chi connectivity index (χ2n) is 3.49. The van der Waals surface area contributed by atoms with Gasteiger partial charge in [0.25, 0.3) is 0 Å². The van der Waals surface area contributed by atoms with Gasteiger partial charge in [0.1, 0.15) is 29.2 Å². The van der Waals surface area contributed by atoms with E-state index in [1.165, 1.54) is 6.08 Å². The van der Waals surface area contributed by atoms with Crippen molar-refractivity contribution in [3.05, 3.63) is 52.8 Å². The minimum absolute atomic E-state index is 0.00185. The van der Waals surface area contributed by atoms with Crippen LogP contribution in [0.5, 0.6) is 0 Å². The van der Waals surface area contributed by atoms with Crippen LogP contribution in [0.25, 0.3) is 17.4 Å². The molecule has 86 valence electrons. The van der Waals surface area contributed by atoms with Gasteiger partial charge in [0, 0.05) is 16.7 Å². The van der Waals surface area contributed by atoms with E-state index >= 15 is 0 Å². The molecule has 0 amide bonds. The fourth-order valence-electron chi connectivity index (χ4n) is 1.46. The summed E-state index contributed by atoms with van der Waals surface area (Å²) in [6.07, 6.45) is 1.40. The molecule has 1 aromatic carbocycles. The summed E-state index contributed by atoms with van der Waals surface area (Å²) in [5.41, 5.74) is 0.847. The van der Waals surface area contributed by atoms with Crippen LogP contribution in [0.15, 0.2) is 46.4 Å². The van der Waals surface area contributed by atoms with Gasteiger partial charge in [-0.2, -0.15) is 10.5 Å². The molecular weight excluding hydrogens is 248 g/mol. The van der Waals surface area contributed by atoms with Gasteiger partial charge < -0.3 is 4.42 Å². The zero-order chi connectivity index (χ0) is 13.0. The molecule has 0 aliphatic carbocycles. The number of nitrogens with zero attached hydrogens (tertiary/aromatic N) is 2. The predicted octanol–water partition coefficient (Wildman–Crippen LogP) is 4.03. The van der Waals surface area contributed by atoms with Gasteiger partial charge in [0.05, 0.1) is 0 Å². The first-order chi connectivity index (χ1) is 8.72. The Morgan fingerprint density at radius 1 is 1.17 bits per heavy atom. The first kappa shape index (κ1) is 12.0. The Bertz CT molecular complexity index is 670. The Balaban J connectivity index is 2.35. The van der Waals surface area contributed by atoms with E-state index in [9.17, 15) is 0 Å². The number of nitriles is 2. The van der Waals surface area contributed by atoms with E-state index in [4.69, 9.17) is 26.5 Å². The standard InChI is InChI=1S/C14H7ClN2O/c15-12-3-1-2-11(7-12)14-5-4-13(18-14)6-10(8-16)9-17/h1-7H. The van der Waals surface area contributed by atoms with Crippen molar-refractivity contribution in [3.63, 3.8) is 0 Å². The highest BCUT2D eigenvalue weighted by atomic mass is 35.5. The zero-order valence-corrected chi connectivity index (χ0v) is 9.98. The summed E-state index contributed by atoms with van der Waals surface area (Å²) < 4.78 is 5.52. The molecule has 0 unspecified atom stereocenters. The lowest BCUT2D eigenvalue weighted by Crippen LogP contribution is -1.73. The summed E-state index contributed by atoms with van der Waals surface area (Å²) in [5, 5.41) is 17.9. The third-order valence-electron chi connectivity index (χ3n) is 2.26. The Labute approximate surface area is 109 Å². The molecule has 2 rings (SSSR count). The number of benzene rings is 1. The van der Waals surface area contributed by atoms with Crippen molar-refractivity contribution in [1.29, 1.82) is 10.5 Å². The third-order valence-corrected chi connectivity index (χ3v) is 2.50. The lowest BCUT2D eigenvalue weighted by Gasteiger charge is -1.96. The van der Waals surface area contributed by atoms with Crippen LogP contribution in [0.4, 0.5) is 0 Å². The van der Waals surface area contributed by atoms with Crippen LogP contribution in [0, 0.1) is 22.7 Å². The van der Waals surface area contributed by atoms with Gasteiger partial charge in [-0.25, -0.2) is 0 Å². The maximum Gasteiger partial charge on any atom is 0.134 e. The number of hydrogen-bond donors (Lipinski definition) is 0. The number of hydrogen-bond acceptors (Lipinski definition) is 3. The smallest absolute Gasteiger partial charge is 0.134 e. The van der Waals surface area contributed by atoms with Gasteiger partial charge in [-0.05, 0) is 24.3 Å². The van der Waals surface area contributed by atoms with Crippen LogP contribution >= 0.6 is 11.6 Å². The maximum absolute atomic E-state index is 8.65. The van der Waals surface area contributed by atoms with Crippen LogP contribution in [-0.2, 0) is 0 Å². The summed E-state index contributed by atoms with van der Waals surface area (Å²) in [4.78, 5) is 0. The highest BCUT2D eigenvalue weighted by molar-refractivity contribution is 6.30. The Kier molecular flexibility index (Phi) is 3.48. The van der Waals surface area contributed by atoms with Gasteiger partial charge in [-0.3, -0.25) is 0 Å². The quantitative estimate of drug-likeness (QED) is 0.760. The predicted molar refractivity (Wildman–Crippen MR) is 68.4 cm³/mol. The van der Waals surface area contributed by atoms with Gasteiger partial charge >= 0.3 is 0 Å². The summed E-state index contributed by atoms with van der Waals surface area (Å²) in [5.74, 6) is 1.10. The molecule has 2 aromatic rings. The second kappa shape index (κ2) is 5.23. The van der Waals surface area contributed by atoms with E-state index in [2.05, 4.69) is 0 Å². The van der Waals surface area contributed by atoms with Gasteiger partial charge in [-0.15, -0.1) is 0 Å². The van der Waals surface area contributed by atoms with Crippen molar-refractivity contribution in [2.75, 3.05) is 0 Å². The Morgan fingerprint density at radius 3 is 2.61 bits per heavy atom.